The zero-order valence-electron chi connectivity index (χ0n) is 45.4. The molecule has 5 fully saturated rings. The number of fused-ring (bicyclic) bond motifs is 5. The number of phenols is 3. The van der Waals surface area contributed by atoms with E-state index >= 15 is 9.90 Å². The minimum Gasteiger partial charge on any atom is -0.504 e. The Morgan fingerprint density at radius 3 is 2.51 bits per heavy atom. The molecule has 10 nitrogen and oxygen atoms in total. The van der Waals surface area contributed by atoms with Crippen LogP contribution in [0.15, 0.2) is 108 Å². The third-order valence-corrected chi connectivity index (χ3v) is 24.2. The van der Waals surface area contributed by atoms with Crippen LogP contribution in [0.4, 0.5) is 0 Å². The fourth-order valence-electron chi connectivity index (χ4n) is 21.5. The molecule has 17 bridgehead atoms. The molecule has 1 saturated heterocycles. The molecule has 410 valence electrons. The van der Waals surface area contributed by atoms with Gasteiger partial charge in [0.25, 0.3) is 0 Å². The molecular formula is C70H71NO9. The summed E-state index contributed by atoms with van der Waals surface area (Å²) in [6, 6.07) is 23.2. The van der Waals surface area contributed by atoms with E-state index in [0.29, 0.717) is 55.6 Å². The quantitative estimate of drug-likeness (QED) is 0.0528. The number of Topliss-reactive ketones (excluding diaryl/α,β-unsaturated/α-hetero) is 1. The Labute approximate surface area is 468 Å². The molecule has 0 unspecified atom stereocenters. The molecule has 80 heavy (non-hydrogen) atoms. The highest BCUT2D eigenvalue weighted by molar-refractivity contribution is 5.84. The highest BCUT2D eigenvalue weighted by Crippen LogP contribution is 2.85. The highest BCUT2D eigenvalue weighted by Gasteiger charge is 2.84. The summed E-state index contributed by atoms with van der Waals surface area (Å²) in [5, 5.41) is 90.5. The smallest absolute Gasteiger partial charge is 0.160 e. The van der Waals surface area contributed by atoms with E-state index in [0.717, 1.165) is 77.5 Å². The number of aliphatic hydroxyl groups excluding tert-OH is 3. The van der Waals surface area contributed by atoms with E-state index in [1.54, 1.807) is 6.07 Å². The molecule has 10 heteroatoms. The first kappa shape index (κ1) is 49.7. The Balaban J connectivity index is 1.05. The van der Waals surface area contributed by atoms with Gasteiger partial charge in [-0.05, 0) is 180 Å². The normalized spacial score (nSPS) is 41.3. The van der Waals surface area contributed by atoms with Crippen LogP contribution < -0.4 is 10.1 Å². The Morgan fingerprint density at radius 2 is 1.69 bits per heavy atom. The first-order valence-electron chi connectivity index (χ1n) is 30.0. The molecule has 0 aromatic heterocycles. The lowest BCUT2D eigenvalue weighted by Gasteiger charge is -2.82. The number of aromatic hydroxyl groups is 3. The standard InChI is InChI=1S/C70H71NO9/c1-80-63-30-50(44(35-73)25-62(63)78)49-27-59(75)56-24-41-20-38-12-14-47(41)40(34-72)9-5-11-57-48(15-13-39(49)19-37-7-3-2-4-8-37)65-69(56,79)18-17-67(71-57)33-46-23-42-22-43(21-38)58(74)28-51(42)54-26-45-10-6-16-66(45)36-68(46,54)64-32-53(66)52-29-60(76)61(77)31-55(52)70(64,65)67/h2-4,7-8,12,14,20,22-23,25-26,29-31,39-40,45-46,48-49,51,53,56-58,64-65,71-74,76-79H,6,10-11,16-19,21,24,27-28,32-36H2,1H3/t39-,40+,45-,46+,48-,49-,51-,53-,56+,57+,58+,64-,65+,66-,67+,68-,69+,70-/m1/s1. The molecule has 4 aromatic carbocycles. The maximum Gasteiger partial charge on any atom is 0.160 e. The zero-order chi connectivity index (χ0) is 54.4. The largest absolute Gasteiger partial charge is 0.504 e. The van der Waals surface area contributed by atoms with Gasteiger partial charge in [-0.1, -0.05) is 96.5 Å². The van der Waals surface area contributed by atoms with Crippen LogP contribution in [0.3, 0.4) is 0 Å². The van der Waals surface area contributed by atoms with Gasteiger partial charge in [0.05, 0.1) is 43.9 Å². The van der Waals surface area contributed by atoms with Crippen LogP contribution in [0.5, 0.6) is 23.0 Å². The SMILES string of the molecule is COc1cc([C@@H]2CC(=O)[C@@H]3Cc4cc5ccc4[C@H](CO)C#CC[C@@H]4N[C@]67CC[C@@]3(O)[C@H]([C@@H]4C#C[C@@H]2Cc2ccccc2)[C@]62c3cc(O)c(O)cc3[C@H]3C[C@@H]2[C@@]24C[C@@]36CCC[C@@H]6C=C2[C@@H]2C[C@H](O)C(=CC2=C[C@H]4C7)C5)c(CO)cc1O. The van der Waals surface area contributed by atoms with Crippen molar-refractivity contribution in [3.8, 4) is 46.7 Å². The first-order chi connectivity index (χ1) is 38.8. The number of allylic oxidation sites excluding steroid dienone is 5. The van der Waals surface area contributed by atoms with Crippen LogP contribution in [0.1, 0.15) is 133 Å². The lowest BCUT2D eigenvalue weighted by atomic mass is 9.23. The van der Waals surface area contributed by atoms with Crippen molar-refractivity contribution in [3.63, 3.8) is 0 Å². The van der Waals surface area contributed by atoms with Crippen LogP contribution in [0, 0.1) is 81.9 Å². The number of hydrogen-bond donors (Lipinski definition) is 8. The van der Waals surface area contributed by atoms with Gasteiger partial charge in [-0.25, -0.2) is 0 Å². The summed E-state index contributed by atoms with van der Waals surface area (Å²) < 4.78 is 5.77. The molecule has 20 rings (SSSR count). The second kappa shape index (κ2) is 17.2. The third kappa shape index (κ3) is 6.33. The van der Waals surface area contributed by atoms with Gasteiger partial charge in [0.2, 0.25) is 0 Å². The summed E-state index contributed by atoms with van der Waals surface area (Å²) in [6.07, 6.45) is 15.7. The minimum absolute atomic E-state index is 0.00874. The van der Waals surface area contributed by atoms with E-state index in [1.165, 1.54) is 24.3 Å². The van der Waals surface area contributed by atoms with Gasteiger partial charge < -0.3 is 45.8 Å². The molecule has 1 heterocycles. The van der Waals surface area contributed by atoms with Crippen molar-refractivity contribution >= 4 is 5.78 Å². The lowest BCUT2D eigenvalue weighted by Crippen LogP contribution is -2.87. The van der Waals surface area contributed by atoms with Gasteiger partial charge in [0, 0.05) is 64.8 Å². The summed E-state index contributed by atoms with van der Waals surface area (Å²) in [6.45, 7) is -0.643. The molecule has 8 N–H and O–H groups in total. The number of carbonyl (C=O) groups is 1. The van der Waals surface area contributed by atoms with Crippen LogP contribution in [0.25, 0.3) is 0 Å². The number of nitrogens with one attached hydrogen (secondary N) is 1. The number of carbonyl (C=O) groups excluding carboxylic acids is 1. The van der Waals surface area contributed by atoms with Gasteiger partial charge in [0.15, 0.2) is 23.0 Å². The fraction of sp³-hybridized carbons (Fsp3) is 0.500. The van der Waals surface area contributed by atoms with Gasteiger partial charge >= 0.3 is 0 Å². The summed E-state index contributed by atoms with van der Waals surface area (Å²) >= 11 is 0. The van der Waals surface area contributed by atoms with E-state index < -0.39 is 70.8 Å². The number of aliphatic hydroxyl groups is 4. The fourth-order valence-corrected chi connectivity index (χ4v) is 21.5. The van der Waals surface area contributed by atoms with Crippen molar-refractivity contribution in [2.45, 2.75) is 143 Å². The molecule has 16 aliphatic rings. The van der Waals surface area contributed by atoms with Gasteiger partial charge in [-0.3, -0.25) is 4.79 Å². The molecule has 0 radical (unpaired) electrons. The number of rotatable bonds is 6. The van der Waals surface area contributed by atoms with Crippen molar-refractivity contribution in [2.75, 3.05) is 13.7 Å². The Kier molecular flexibility index (Phi) is 10.7. The number of methoxy groups -OCH3 is 1. The molecule has 18 atom stereocenters. The number of ketones is 1. The minimum atomic E-state index is -1.70. The number of piperidine rings is 1. The summed E-state index contributed by atoms with van der Waals surface area (Å²) in [5.74, 6) is 11.4. The summed E-state index contributed by atoms with van der Waals surface area (Å²) in [5.41, 5.74) is 6.77. The second-order valence-electron chi connectivity index (χ2n) is 27.0. The number of ether oxygens (including phenoxy) is 1. The van der Waals surface area contributed by atoms with E-state index in [1.807, 2.05) is 30.3 Å². The Morgan fingerprint density at radius 1 is 0.838 bits per heavy atom. The molecule has 4 saturated carbocycles. The molecule has 15 aliphatic carbocycles. The number of phenolic OH excluding ortho intramolecular Hbond substituents is 3. The van der Waals surface area contributed by atoms with Gasteiger partial charge in [-0.2, -0.15) is 0 Å². The Hall–Kier alpha value is -6.11. The monoisotopic (exact) mass is 1070 g/mol. The van der Waals surface area contributed by atoms with Crippen molar-refractivity contribution in [1.82, 2.24) is 5.32 Å². The predicted molar refractivity (Wildman–Crippen MR) is 300 cm³/mol. The number of hydrogen-bond acceptors (Lipinski definition) is 10. The predicted octanol–water partition coefficient (Wildman–Crippen LogP) is 9.01. The van der Waals surface area contributed by atoms with Gasteiger partial charge in [-0.15, -0.1) is 5.92 Å². The summed E-state index contributed by atoms with van der Waals surface area (Å²) in [4.78, 5) is 17.1. The Bertz CT molecular complexity index is 3600. The maximum atomic E-state index is 17.1. The van der Waals surface area contributed by atoms with Crippen LogP contribution in [-0.2, 0) is 36.1 Å². The van der Waals surface area contributed by atoms with Crippen molar-refractivity contribution in [2.24, 2.45) is 58.2 Å². The average Bonchev–Trinajstić information content (AvgIpc) is 0.852. The first-order valence-corrected chi connectivity index (χ1v) is 30.0. The van der Waals surface area contributed by atoms with E-state index in [4.69, 9.17) is 4.74 Å². The van der Waals surface area contributed by atoms with Crippen LogP contribution in [-0.4, -0.2) is 78.5 Å². The zero-order valence-corrected chi connectivity index (χ0v) is 45.4. The molecule has 4 aromatic rings. The highest BCUT2D eigenvalue weighted by atomic mass is 16.5. The average molecular weight is 1070 g/mol. The van der Waals surface area contributed by atoms with Crippen molar-refractivity contribution in [3.05, 3.63) is 152 Å². The number of benzene rings is 4. The van der Waals surface area contributed by atoms with E-state index in [9.17, 15) is 30.6 Å². The lowest BCUT2D eigenvalue weighted by molar-refractivity contribution is -0.261. The van der Waals surface area contributed by atoms with Crippen LogP contribution >= 0.6 is 0 Å². The van der Waals surface area contributed by atoms with Crippen molar-refractivity contribution < 1.29 is 45.3 Å². The third-order valence-electron chi connectivity index (χ3n) is 24.2. The van der Waals surface area contributed by atoms with E-state index in [2.05, 4.69) is 77.6 Å². The summed E-state index contributed by atoms with van der Waals surface area (Å²) in [7, 11) is 1.50. The van der Waals surface area contributed by atoms with Gasteiger partial charge in [0.1, 0.15) is 5.78 Å². The molecule has 4 spiro atoms. The van der Waals surface area contributed by atoms with Crippen LogP contribution in [0.2, 0.25) is 0 Å². The second-order valence-corrected chi connectivity index (χ2v) is 27.0. The maximum absolute atomic E-state index is 17.1. The topological polar surface area (TPSA) is 180 Å². The molecule has 1 aliphatic heterocycles. The van der Waals surface area contributed by atoms with Crippen molar-refractivity contribution in [1.29, 1.82) is 0 Å². The molecular weight excluding hydrogens is 999 g/mol. The van der Waals surface area contributed by atoms with E-state index in [-0.39, 0.29) is 82.7 Å². The molecule has 0 amide bonds.